The van der Waals surface area contributed by atoms with Crippen molar-refractivity contribution in [3.8, 4) is 0 Å². The summed E-state index contributed by atoms with van der Waals surface area (Å²) in [5.41, 5.74) is 1.61. The number of hydrogen-bond donors (Lipinski definition) is 1. The Balaban J connectivity index is 1.69. The lowest BCUT2D eigenvalue weighted by Gasteiger charge is -2.62. The maximum Gasteiger partial charge on any atom is 0.177 e. The Morgan fingerprint density at radius 2 is 1.96 bits per heavy atom. The molecule has 5 rings (SSSR count). The lowest BCUT2D eigenvalue weighted by atomic mass is 9.47. The number of ether oxygens (including phenoxy) is 3. The van der Waals surface area contributed by atoms with Crippen LogP contribution >= 0.6 is 0 Å². The Bertz CT molecular complexity index is 696. The van der Waals surface area contributed by atoms with E-state index in [2.05, 4.69) is 34.3 Å². The SMILES string of the molecule is C=CC1OC2C3=C(C)CCC(O)(CC4C5COC5CCC4(C)C2O1)C3(C)C. The van der Waals surface area contributed by atoms with Crippen molar-refractivity contribution < 1.29 is 19.3 Å². The van der Waals surface area contributed by atoms with Crippen LogP contribution in [-0.2, 0) is 14.2 Å². The molecule has 4 heteroatoms. The minimum atomic E-state index is -0.703. The lowest BCUT2D eigenvalue weighted by Crippen LogP contribution is -2.65. The van der Waals surface area contributed by atoms with Gasteiger partial charge in [-0.2, -0.15) is 0 Å². The van der Waals surface area contributed by atoms with E-state index in [1.54, 1.807) is 6.08 Å². The molecule has 3 aliphatic carbocycles. The van der Waals surface area contributed by atoms with Crippen LogP contribution in [0.4, 0.5) is 0 Å². The molecule has 2 aliphatic heterocycles. The van der Waals surface area contributed by atoms with Crippen molar-refractivity contribution in [3.63, 3.8) is 0 Å². The Kier molecular flexibility index (Phi) is 3.87. The van der Waals surface area contributed by atoms with E-state index in [1.165, 1.54) is 11.1 Å². The molecule has 2 heterocycles. The molecule has 2 bridgehead atoms. The number of aliphatic hydroxyl groups is 1. The molecule has 27 heavy (non-hydrogen) atoms. The summed E-state index contributed by atoms with van der Waals surface area (Å²) in [5, 5.41) is 12.0. The molecule has 0 aromatic rings. The van der Waals surface area contributed by atoms with Crippen molar-refractivity contribution in [2.45, 2.75) is 90.0 Å². The smallest absolute Gasteiger partial charge is 0.177 e. The molecule has 0 radical (unpaired) electrons. The van der Waals surface area contributed by atoms with Crippen molar-refractivity contribution in [1.82, 2.24) is 0 Å². The third kappa shape index (κ3) is 2.24. The molecular weight excluding hydrogens is 340 g/mol. The monoisotopic (exact) mass is 374 g/mol. The zero-order chi connectivity index (χ0) is 19.2. The van der Waals surface area contributed by atoms with Gasteiger partial charge in [-0.25, -0.2) is 0 Å². The molecule has 8 unspecified atom stereocenters. The second kappa shape index (κ2) is 5.69. The summed E-state index contributed by atoms with van der Waals surface area (Å²) in [7, 11) is 0. The zero-order valence-electron chi connectivity index (χ0n) is 17.2. The number of hydrogen-bond acceptors (Lipinski definition) is 4. The van der Waals surface area contributed by atoms with Crippen LogP contribution in [0.15, 0.2) is 23.8 Å². The number of fused-ring (bicyclic) bond motifs is 8. The number of allylic oxidation sites excluding steroid dienone is 1. The molecular formula is C23H34O4. The van der Waals surface area contributed by atoms with E-state index in [-0.39, 0.29) is 29.3 Å². The summed E-state index contributed by atoms with van der Waals surface area (Å²) in [6, 6.07) is 0. The molecule has 4 fully saturated rings. The van der Waals surface area contributed by atoms with Crippen molar-refractivity contribution in [3.05, 3.63) is 23.8 Å². The fourth-order valence-corrected chi connectivity index (χ4v) is 7.12. The van der Waals surface area contributed by atoms with Gasteiger partial charge in [-0.15, -0.1) is 0 Å². The van der Waals surface area contributed by atoms with E-state index >= 15 is 0 Å². The maximum atomic E-state index is 12.0. The summed E-state index contributed by atoms with van der Waals surface area (Å²) in [4.78, 5) is 0. The van der Waals surface area contributed by atoms with Gasteiger partial charge in [0.2, 0.25) is 0 Å². The van der Waals surface area contributed by atoms with Crippen LogP contribution in [0.5, 0.6) is 0 Å². The first-order chi connectivity index (χ1) is 12.7. The maximum absolute atomic E-state index is 12.0. The highest BCUT2D eigenvalue weighted by molar-refractivity contribution is 5.35. The van der Waals surface area contributed by atoms with Crippen LogP contribution in [0, 0.1) is 22.7 Å². The number of rotatable bonds is 1. The molecule has 0 spiro atoms. The van der Waals surface area contributed by atoms with Gasteiger partial charge in [0, 0.05) is 16.7 Å². The van der Waals surface area contributed by atoms with Crippen molar-refractivity contribution in [2.24, 2.45) is 22.7 Å². The van der Waals surface area contributed by atoms with Crippen molar-refractivity contribution >= 4 is 0 Å². The Morgan fingerprint density at radius 1 is 1.19 bits per heavy atom. The van der Waals surface area contributed by atoms with E-state index in [0.717, 1.165) is 38.7 Å². The van der Waals surface area contributed by atoms with Gasteiger partial charge in [0.25, 0.3) is 0 Å². The quantitative estimate of drug-likeness (QED) is 0.705. The van der Waals surface area contributed by atoms with Gasteiger partial charge in [-0.1, -0.05) is 32.9 Å². The van der Waals surface area contributed by atoms with E-state index in [9.17, 15) is 5.11 Å². The molecule has 8 atom stereocenters. The van der Waals surface area contributed by atoms with Crippen LogP contribution < -0.4 is 0 Å². The Morgan fingerprint density at radius 3 is 2.63 bits per heavy atom. The van der Waals surface area contributed by atoms with E-state index in [0.29, 0.717) is 17.9 Å². The van der Waals surface area contributed by atoms with Gasteiger partial charge in [-0.3, -0.25) is 0 Å². The summed E-state index contributed by atoms with van der Waals surface area (Å²) >= 11 is 0. The van der Waals surface area contributed by atoms with E-state index < -0.39 is 5.60 Å². The molecule has 0 aromatic carbocycles. The van der Waals surface area contributed by atoms with E-state index in [1.807, 2.05) is 0 Å². The molecule has 5 aliphatic rings. The average Bonchev–Trinajstić information content (AvgIpc) is 3.00. The largest absolute Gasteiger partial charge is 0.389 e. The predicted molar refractivity (Wildman–Crippen MR) is 103 cm³/mol. The standard InChI is InChI=1S/C23H34O4/c1-6-17-26-19-18-13(2)7-10-23(24,21(18,3)4)11-15-14-12-25-16(14)8-9-22(15,5)20(19)27-17/h6,14-17,19-20,24H,1,7-12H2,2-5H3. The van der Waals surface area contributed by atoms with Crippen molar-refractivity contribution in [1.29, 1.82) is 0 Å². The van der Waals surface area contributed by atoms with E-state index in [4.69, 9.17) is 14.2 Å². The fraction of sp³-hybridized carbons (Fsp3) is 0.826. The van der Waals surface area contributed by atoms with Gasteiger partial charge >= 0.3 is 0 Å². The van der Waals surface area contributed by atoms with Gasteiger partial charge in [0.15, 0.2) is 6.29 Å². The van der Waals surface area contributed by atoms with Gasteiger partial charge in [0.1, 0.15) is 6.10 Å². The molecule has 0 aromatic heterocycles. The first-order valence-corrected chi connectivity index (χ1v) is 10.7. The highest BCUT2D eigenvalue weighted by Gasteiger charge is 2.65. The van der Waals surface area contributed by atoms with Gasteiger partial charge in [-0.05, 0) is 56.6 Å². The minimum Gasteiger partial charge on any atom is -0.389 e. The molecule has 2 saturated heterocycles. The minimum absolute atomic E-state index is 0.0129. The average molecular weight is 375 g/mol. The van der Waals surface area contributed by atoms with Crippen LogP contribution in [-0.4, -0.2) is 41.9 Å². The molecule has 150 valence electrons. The second-order valence-corrected chi connectivity index (χ2v) is 10.5. The predicted octanol–water partition coefficient (Wildman–Crippen LogP) is 3.99. The zero-order valence-corrected chi connectivity index (χ0v) is 17.2. The van der Waals surface area contributed by atoms with Crippen LogP contribution in [0.1, 0.15) is 59.8 Å². The third-order valence-corrected chi connectivity index (χ3v) is 9.04. The summed E-state index contributed by atoms with van der Waals surface area (Å²) in [6.07, 6.45) is 6.46. The van der Waals surface area contributed by atoms with Gasteiger partial charge in [0.05, 0.1) is 24.4 Å². The van der Waals surface area contributed by atoms with Gasteiger partial charge < -0.3 is 19.3 Å². The van der Waals surface area contributed by atoms with Crippen LogP contribution in [0.3, 0.4) is 0 Å². The third-order valence-electron chi connectivity index (χ3n) is 9.04. The van der Waals surface area contributed by atoms with Crippen LogP contribution in [0.25, 0.3) is 0 Å². The van der Waals surface area contributed by atoms with Crippen molar-refractivity contribution in [2.75, 3.05) is 6.61 Å². The molecule has 0 amide bonds. The summed E-state index contributed by atoms with van der Waals surface area (Å²) < 4.78 is 18.8. The molecule has 1 N–H and O–H groups in total. The lowest BCUT2D eigenvalue weighted by molar-refractivity contribution is -0.234. The molecule has 4 nitrogen and oxygen atoms in total. The highest BCUT2D eigenvalue weighted by atomic mass is 16.7. The van der Waals surface area contributed by atoms with Crippen LogP contribution in [0.2, 0.25) is 0 Å². The highest BCUT2D eigenvalue weighted by Crippen LogP contribution is 2.64. The topological polar surface area (TPSA) is 47.9 Å². The summed E-state index contributed by atoms with van der Waals surface area (Å²) in [5.74, 6) is 0.929. The summed E-state index contributed by atoms with van der Waals surface area (Å²) in [6.45, 7) is 13.8. The second-order valence-electron chi connectivity index (χ2n) is 10.5. The molecule has 2 saturated carbocycles. The fourth-order valence-electron chi connectivity index (χ4n) is 7.12. The Labute approximate surface area is 162 Å². The normalized spacial score (nSPS) is 53.4. The first kappa shape index (κ1) is 18.4. The first-order valence-electron chi connectivity index (χ1n) is 10.7. The Hall–Kier alpha value is -0.680.